The first-order chi connectivity index (χ1) is 10.5. The normalized spacial score (nSPS) is 10.4. The van der Waals surface area contributed by atoms with Crippen LogP contribution in [0.4, 0.5) is 9.59 Å². The molecule has 22 heavy (non-hydrogen) atoms. The molecular formula is C16H12O6. The lowest BCUT2D eigenvalue weighted by atomic mass is 10.1. The molecule has 0 bridgehead atoms. The monoisotopic (exact) mass is 300 g/mol. The fourth-order valence-corrected chi connectivity index (χ4v) is 1.77. The summed E-state index contributed by atoms with van der Waals surface area (Å²) in [6.07, 6.45) is 0.579. The van der Waals surface area contributed by atoms with Gasteiger partial charge in [0.15, 0.2) is 0 Å². The lowest BCUT2D eigenvalue weighted by Gasteiger charge is -2.04. The van der Waals surface area contributed by atoms with Crippen molar-refractivity contribution in [2.24, 2.45) is 0 Å². The molecule has 0 fully saturated rings. The summed E-state index contributed by atoms with van der Waals surface area (Å²) in [6, 6.07) is 13.1. The minimum Gasteiger partial charge on any atom is -0.449 e. The van der Waals surface area contributed by atoms with Crippen molar-refractivity contribution in [1.82, 2.24) is 0 Å². The summed E-state index contributed by atoms with van der Waals surface area (Å²) in [4.78, 5) is 21.1. The lowest BCUT2D eigenvalue weighted by molar-refractivity contribution is 0.143. The van der Waals surface area contributed by atoms with Crippen LogP contribution in [0.1, 0.15) is 11.1 Å². The van der Waals surface area contributed by atoms with Crippen LogP contribution < -0.4 is 9.47 Å². The number of hydrogen-bond donors (Lipinski definition) is 2. The van der Waals surface area contributed by atoms with Crippen LogP contribution in [-0.4, -0.2) is 22.5 Å². The first-order valence-electron chi connectivity index (χ1n) is 6.23. The number of benzene rings is 2. The van der Waals surface area contributed by atoms with Crippen molar-refractivity contribution in [1.29, 1.82) is 0 Å². The van der Waals surface area contributed by atoms with Crippen LogP contribution in [0.2, 0.25) is 0 Å². The van der Waals surface area contributed by atoms with E-state index in [1.54, 1.807) is 48.6 Å². The standard InChI is InChI=1S/C16H12O6/c17-15(18)21-13-6-3-4-11(10-13)8-9-12-5-1-2-7-14(12)22-16(19)20/h1-10H,(H,17,18)(H,19,20)/b9-8-. The molecular weight excluding hydrogens is 288 g/mol. The van der Waals surface area contributed by atoms with E-state index in [9.17, 15) is 9.59 Å². The zero-order valence-electron chi connectivity index (χ0n) is 11.3. The van der Waals surface area contributed by atoms with Gasteiger partial charge in [-0.2, -0.15) is 0 Å². The maximum absolute atomic E-state index is 10.6. The van der Waals surface area contributed by atoms with Gasteiger partial charge >= 0.3 is 12.3 Å². The van der Waals surface area contributed by atoms with Gasteiger partial charge in [-0.1, -0.05) is 42.5 Å². The summed E-state index contributed by atoms with van der Waals surface area (Å²) in [7, 11) is 0. The molecule has 2 aromatic carbocycles. The van der Waals surface area contributed by atoms with Gasteiger partial charge in [0.25, 0.3) is 0 Å². The summed E-state index contributed by atoms with van der Waals surface area (Å²) in [6.45, 7) is 0. The van der Waals surface area contributed by atoms with E-state index in [1.165, 1.54) is 12.1 Å². The zero-order chi connectivity index (χ0) is 15.9. The highest BCUT2D eigenvalue weighted by Gasteiger charge is 2.05. The van der Waals surface area contributed by atoms with Crippen molar-refractivity contribution < 1.29 is 29.3 Å². The van der Waals surface area contributed by atoms with Crippen LogP contribution in [0, 0.1) is 0 Å². The van der Waals surface area contributed by atoms with Gasteiger partial charge in [-0.3, -0.25) is 0 Å². The molecule has 0 amide bonds. The van der Waals surface area contributed by atoms with Gasteiger partial charge in [-0.15, -0.1) is 0 Å². The number of carbonyl (C=O) groups is 2. The van der Waals surface area contributed by atoms with E-state index in [1.807, 2.05) is 0 Å². The second-order valence-electron chi connectivity index (χ2n) is 4.18. The van der Waals surface area contributed by atoms with Gasteiger partial charge in [-0.25, -0.2) is 9.59 Å². The fraction of sp³-hybridized carbons (Fsp3) is 0. The molecule has 6 heteroatoms. The molecule has 2 aromatic rings. The van der Waals surface area contributed by atoms with Crippen molar-refractivity contribution in [3.63, 3.8) is 0 Å². The molecule has 0 spiro atoms. The van der Waals surface area contributed by atoms with Crippen molar-refractivity contribution in [3.8, 4) is 11.5 Å². The van der Waals surface area contributed by atoms with Crippen LogP contribution in [-0.2, 0) is 0 Å². The predicted molar refractivity (Wildman–Crippen MR) is 79.1 cm³/mol. The molecule has 0 aliphatic rings. The van der Waals surface area contributed by atoms with Crippen molar-refractivity contribution >= 4 is 24.5 Å². The summed E-state index contributed by atoms with van der Waals surface area (Å²) in [5.74, 6) is 0.411. The van der Waals surface area contributed by atoms with Crippen LogP contribution in [0.25, 0.3) is 12.2 Å². The van der Waals surface area contributed by atoms with Gasteiger partial charge in [0.05, 0.1) is 0 Å². The van der Waals surface area contributed by atoms with E-state index >= 15 is 0 Å². The molecule has 0 radical (unpaired) electrons. The summed E-state index contributed by atoms with van der Waals surface area (Å²) < 4.78 is 9.24. The first-order valence-corrected chi connectivity index (χ1v) is 6.23. The first kappa shape index (κ1) is 15.1. The fourth-order valence-electron chi connectivity index (χ4n) is 1.77. The van der Waals surface area contributed by atoms with Crippen LogP contribution in [0.5, 0.6) is 11.5 Å². The van der Waals surface area contributed by atoms with E-state index < -0.39 is 12.3 Å². The maximum atomic E-state index is 10.6. The Morgan fingerprint density at radius 3 is 2.32 bits per heavy atom. The number of carboxylic acid groups (broad SMARTS) is 2. The van der Waals surface area contributed by atoms with Crippen molar-refractivity contribution in [3.05, 3.63) is 59.7 Å². The minimum absolute atomic E-state index is 0.199. The minimum atomic E-state index is -1.39. The average Bonchev–Trinajstić information content (AvgIpc) is 2.45. The number of hydrogen-bond acceptors (Lipinski definition) is 4. The highest BCUT2D eigenvalue weighted by molar-refractivity contribution is 5.75. The number of rotatable bonds is 4. The SMILES string of the molecule is O=C(O)Oc1cccc(/C=C\c2ccccc2OC(=O)O)c1. The second kappa shape index (κ2) is 6.94. The van der Waals surface area contributed by atoms with Crippen LogP contribution >= 0.6 is 0 Å². The topological polar surface area (TPSA) is 93.1 Å². The number of para-hydroxylation sites is 1. The highest BCUT2D eigenvalue weighted by Crippen LogP contribution is 2.22. The highest BCUT2D eigenvalue weighted by atomic mass is 16.7. The summed E-state index contributed by atoms with van der Waals surface area (Å²) >= 11 is 0. The Morgan fingerprint density at radius 1 is 0.864 bits per heavy atom. The average molecular weight is 300 g/mol. The Bertz CT molecular complexity index is 720. The van der Waals surface area contributed by atoms with Crippen molar-refractivity contribution in [2.75, 3.05) is 0 Å². The molecule has 0 aliphatic heterocycles. The molecule has 0 heterocycles. The largest absolute Gasteiger partial charge is 0.511 e. The Hall–Kier alpha value is -3.28. The third-order valence-corrected chi connectivity index (χ3v) is 2.63. The molecule has 0 aromatic heterocycles. The molecule has 6 nitrogen and oxygen atoms in total. The van der Waals surface area contributed by atoms with Crippen molar-refractivity contribution in [2.45, 2.75) is 0 Å². The van der Waals surface area contributed by atoms with Gasteiger partial charge in [0.1, 0.15) is 11.5 Å². The van der Waals surface area contributed by atoms with E-state index in [0.29, 0.717) is 11.1 Å². The zero-order valence-corrected chi connectivity index (χ0v) is 11.3. The Morgan fingerprint density at radius 2 is 1.59 bits per heavy atom. The predicted octanol–water partition coefficient (Wildman–Crippen LogP) is 3.97. The van der Waals surface area contributed by atoms with Gasteiger partial charge in [0.2, 0.25) is 0 Å². The second-order valence-corrected chi connectivity index (χ2v) is 4.18. The molecule has 112 valence electrons. The smallest absolute Gasteiger partial charge is 0.449 e. The quantitative estimate of drug-likeness (QED) is 0.504. The van der Waals surface area contributed by atoms with Crippen LogP contribution in [0.3, 0.4) is 0 Å². The Balaban J connectivity index is 2.22. The van der Waals surface area contributed by atoms with E-state index in [4.69, 9.17) is 10.2 Å². The molecule has 0 saturated heterocycles. The molecule has 0 saturated carbocycles. The molecule has 0 aliphatic carbocycles. The van der Waals surface area contributed by atoms with Crippen LogP contribution in [0.15, 0.2) is 48.5 Å². The molecule has 2 rings (SSSR count). The Kier molecular flexibility index (Phi) is 4.77. The third kappa shape index (κ3) is 4.38. The van der Waals surface area contributed by atoms with Gasteiger partial charge in [0, 0.05) is 5.56 Å². The lowest BCUT2D eigenvalue weighted by Crippen LogP contribution is -2.03. The van der Waals surface area contributed by atoms with E-state index in [-0.39, 0.29) is 11.5 Å². The molecule has 0 unspecified atom stereocenters. The maximum Gasteiger partial charge on any atom is 0.511 e. The van der Waals surface area contributed by atoms with E-state index in [0.717, 1.165) is 0 Å². The third-order valence-electron chi connectivity index (χ3n) is 2.63. The summed E-state index contributed by atoms with van der Waals surface area (Å²) in [5, 5.41) is 17.3. The van der Waals surface area contributed by atoms with E-state index in [2.05, 4.69) is 9.47 Å². The molecule has 2 N–H and O–H groups in total. The van der Waals surface area contributed by atoms with Gasteiger partial charge in [-0.05, 0) is 23.8 Å². The number of ether oxygens (including phenoxy) is 2. The van der Waals surface area contributed by atoms with Gasteiger partial charge < -0.3 is 19.7 Å². The molecule has 0 atom stereocenters. The Labute approximate surface area is 125 Å². The summed E-state index contributed by atoms with van der Waals surface area (Å²) in [5.41, 5.74) is 1.28.